The maximum absolute atomic E-state index is 11.8. The van der Waals surface area contributed by atoms with Crippen molar-refractivity contribution in [1.29, 1.82) is 0 Å². The van der Waals surface area contributed by atoms with Crippen molar-refractivity contribution in [2.45, 2.75) is 4.90 Å². The van der Waals surface area contributed by atoms with Crippen LogP contribution in [-0.4, -0.2) is 22.1 Å². The molecule has 0 bridgehead atoms. The van der Waals surface area contributed by atoms with Crippen molar-refractivity contribution in [3.63, 3.8) is 0 Å². The quantitative estimate of drug-likeness (QED) is 0.853. The van der Waals surface area contributed by atoms with Crippen LogP contribution < -0.4 is 10.9 Å². The maximum Gasteiger partial charge on any atom is 0.275 e. The molecule has 2 aromatic rings. The Morgan fingerprint density at radius 3 is 2.84 bits per heavy atom. The number of hydrogen-bond donors (Lipinski definition) is 2. The second-order valence-corrected chi connectivity index (χ2v) is 4.86. The number of carbonyl (C=O) groups is 1. The molecule has 1 aromatic heterocycles. The van der Waals surface area contributed by atoms with Gasteiger partial charge in [-0.25, -0.2) is 4.98 Å². The Hall–Kier alpha value is -1.79. The summed E-state index contributed by atoms with van der Waals surface area (Å²) in [5, 5.41) is 3.22. The molecule has 0 saturated heterocycles. The molecule has 0 aliphatic carbocycles. The van der Waals surface area contributed by atoms with Gasteiger partial charge in [-0.1, -0.05) is 11.6 Å². The van der Waals surface area contributed by atoms with Gasteiger partial charge >= 0.3 is 0 Å². The summed E-state index contributed by atoms with van der Waals surface area (Å²) in [6, 6.07) is 5.24. The van der Waals surface area contributed by atoms with Gasteiger partial charge < -0.3 is 10.3 Å². The number of H-pyrrole nitrogens is 1. The first kappa shape index (κ1) is 13.6. The van der Waals surface area contributed by atoms with Gasteiger partial charge in [0.25, 0.3) is 11.5 Å². The predicted molar refractivity (Wildman–Crippen MR) is 76.0 cm³/mol. The highest BCUT2D eigenvalue weighted by atomic mass is 35.5. The summed E-state index contributed by atoms with van der Waals surface area (Å²) in [6.45, 7) is 0. The lowest BCUT2D eigenvalue weighted by molar-refractivity contribution is 0.102. The maximum atomic E-state index is 11.8. The number of aromatic nitrogens is 2. The lowest BCUT2D eigenvalue weighted by atomic mass is 10.3. The Kier molecular flexibility index (Phi) is 4.24. The fraction of sp³-hybridized carbons (Fsp3) is 0.0833. The average molecular weight is 296 g/mol. The molecule has 2 rings (SSSR count). The van der Waals surface area contributed by atoms with Crippen molar-refractivity contribution in [1.82, 2.24) is 9.97 Å². The van der Waals surface area contributed by atoms with Gasteiger partial charge in [-0.2, -0.15) is 0 Å². The summed E-state index contributed by atoms with van der Waals surface area (Å²) in [6.07, 6.45) is 4.23. The number of amides is 1. The number of benzene rings is 1. The molecule has 19 heavy (non-hydrogen) atoms. The fourth-order valence-corrected chi connectivity index (χ4v) is 2.28. The van der Waals surface area contributed by atoms with Crippen LogP contribution in [0.25, 0.3) is 0 Å². The molecule has 5 nitrogen and oxygen atoms in total. The third-order valence-electron chi connectivity index (χ3n) is 2.31. The topological polar surface area (TPSA) is 74.8 Å². The zero-order valence-electron chi connectivity index (χ0n) is 9.94. The SMILES string of the molecule is CSc1ccc(NC(=O)c2c[nH]c(=O)cn2)cc1Cl. The van der Waals surface area contributed by atoms with Crippen molar-refractivity contribution < 1.29 is 4.79 Å². The molecule has 0 radical (unpaired) electrons. The predicted octanol–water partition coefficient (Wildman–Crippen LogP) is 2.40. The van der Waals surface area contributed by atoms with Crippen LogP contribution in [0.15, 0.2) is 40.3 Å². The largest absolute Gasteiger partial charge is 0.325 e. The monoisotopic (exact) mass is 295 g/mol. The standard InChI is InChI=1S/C12H10ClN3O2S/c1-19-10-3-2-7(4-8(10)13)16-12(18)9-5-15-11(17)6-14-9/h2-6H,1H3,(H,15,17)(H,16,18). The molecule has 1 amide bonds. The molecule has 0 atom stereocenters. The van der Waals surface area contributed by atoms with E-state index in [4.69, 9.17) is 11.6 Å². The lowest BCUT2D eigenvalue weighted by Crippen LogP contribution is -2.16. The van der Waals surface area contributed by atoms with Gasteiger partial charge in [0.1, 0.15) is 5.69 Å². The molecular formula is C12H10ClN3O2S. The minimum atomic E-state index is -0.413. The van der Waals surface area contributed by atoms with Gasteiger partial charge in [-0.3, -0.25) is 9.59 Å². The van der Waals surface area contributed by atoms with Crippen molar-refractivity contribution in [2.24, 2.45) is 0 Å². The molecule has 2 N–H and O–H groups in total. The minimum Gasteiger partial charge on any atom is -0.325 e. The lowest BCUT2D eigenvalue weighted by Gasteiger charge is -2.06. The highest BCUT2D eigenvalue weighted by Crippen LogP contribution is 2.27. The zero-order valence-corrected chi connectivity index (χ0v) is 11.5. The molecular weight excluding hydrogens is 286 g/mol. The van der Waals surface area contributed by atoms with E-state index in [9.17, 15) is 9.59 Å². The first-order valence-corrected chi connectivity index (χ1v) is 6.90. The Bertz CT molecular complexity index is 652. The molecule has 0 saturated carbocycles. The summed E-state index contributed by atoms with van der Waals surface area (Å²) < 4.78 is 0. The van der Waals surface area contributed by atoms with Crippen LogP contribution in [0.3, 0.4) is 0 Å². The van der Waals surface area contributed by atoms with E-state index in [0.717, 1.165) is 11.1 Å². The summed E-state index contributed by atoms with van der Waals surface area (Å²) in [5.74, 6) is -0.413. The Balaban J connectivity index is 2.17. The van der Waals surface area contributed by atoms with E-state index >= 15 is 0 Å². The van der Waals surface area contributed by atoms with Crippen LogP contribution in [0, 0.1) is 0 Å². The molecule has 0 aliphatic rings. The van der Waals surface area contributed by atoms with Crippen LogP contribution in [-0.2, 0) is 0 Å². The highest BCUT2D eigenvalue weighted by molar-refractivity contribution is 7.98. The normalized spacial score (nSPS) is 10.2. The number of nitrogens with zero attached hydrogens (tertiary/aromatic N) is 1. The van der Waals surface area contributed by atoms with Crippen molar-refractivity contribution in [3.8, 4) is 0 Å². The number of halogens is 1. The third kappa shape index (κ3) is 3.36. The van der Waals surface area contributed by atoms with Crippen LogP contribution in [0.4, 0.5) is 5.69 Å². The van der Waals surface area contributed by atoms with Crippen LogP contribution >= 0.6 is 23.4 Å². The molecule has 7 heteroatoms. The Labute approximate surface area is 118 Å². The zero-order chi connectivity index (χ0) is 13.8. The molecule has 0 aliphatic heterocycles. The van der Waals surface area contributed by atoms with Crippen LogP contribution in [0.5, 0.6) is 0 Å². The smallest absolute Gasteiger partial charge is 0.275 e. The average Bonchev–Trinajstić information content (AvgIpc) is 2.39. The fourth-order valence-electron chi connectivity index (χ4n) is 1.41. The van der Waals surface area contributed by atoms with Gasteiger partial charge in [0.05, 0.1) is 11.2 Å². The van der Waals surface area contributed by atoms with Crippen molar-refractivity contribution in [3.05, 3.63) is 51.7 Å². The summed E-state index contributed by atoms with van der Waals surface area (Å²) in [5.41, 5.74) is 0.342. The number of nitrogens with one attached hydrogen (secondary N) is 2. The minimum absolute atomic E-state index is 0.129. The van der Waals surface area contributed by atoms with Crippen LogP contribution in [0.2, 0.25) is 5.02 Å². The number of carbonyl (C=O) groups excluding carboxylic acids is 1. The number of rotatable bonds is 3. The van der Waals surface area contributed by atoms with E-state index in [0.29, 0.717) is 10.7 Å². The molecule has 98 valence electrons. The Morgan fingerprint density at radius 2 is 2.26 bits per heavy atom. The van der Waals surface area contributed by atoms with Gasteiger partial charge in [-0.05, 0) is 24.5 Å². The summed E-state index contributed by atoms with van der Waals surface area (Å²) in [4.78, 5) is 29.8. The van der Waals surface area contributed by atoms with E-state index in [1.165, 1.54) is 18.0 Å². The van der Waals surface area contributed by atoms with E-state index in [1.807, 2.05) is 12.3 Å². The highest BCUT2D eigenvalue weighted by Gasteiger charge is 2.08. The summed E-state index contributed by atoms with van der Waals surface area (Å²) >= 11 is 7.57. The van der Waals surface area contributed by atoms with Gasteiger partial charge in [0.2, 0.25) is 0 Å². The number of aromatic amines is 1. The second-order valence-electron chi connectivity index (χ2n) is 3.60. The van der Waals surface area contributed by atoms with E-state index in [-0.39, 0.29) is 11.3 Å². The van der Waals surface area contributed by atoms with E-state index in [2.05, 4.69) is 15.3 Å². The van der Waals surface area contributed by atoms with Gasteiger partial charge in [0.15, 0.2) is 0 Å². The first-order valence-electron chi connectivity index (χ1n) is 5.30. The van der Waals surface area contributed by atoms with Crippen LogP contribution in [0.1, 0.15) is 10.5 Å². The Morgan fingerprint density at radius 1 is 1.47 bits per heavy atom. The summed E-state index contributed by atoms with van der Waals surface area (Å²) in [7, 11) is 0. The molecule has 0 fully saturated rings. The molecule has 0 unspecified atom stereocenters. The number of anilines is 1. The molecule has 1 heterocycles. The first-order chi connectivity index (χ1) is 9.10. The number of thioether (sulfide) groups is 1. The van der Waals surface area contributed by atoms with Gasteiger partial charge in [-0.15, -0.1) is 11.8 Å². The number of hydrogen-bond acceptors (Lipinski definition) is 4. The van der Waals surface area contributed by atoms with E-state index < -0.39 is 5.91 Å². The molecule has 0 spiro atoms. The van der Waals surface area contributed by atoms with Crippen molar-refractivity contribution in [2.75, 3.05) is 11.6 Å². The second kappa shape index (κ2) is 5.90. The van der Waals surface area contributed by atoms with Gasteiger partial charge in [0, 0.05) is 16.8 Å². The van der Waals surface area contributed by atoms with Crippen molar-refractivity contribution >= 4 is 35.0 Å². The molecule has 1 aromatic carbocycles. The van der Waals surface area contributed by atoms with E-state index in [1.54, 1.807) is 12.1 Å². The third-order valence-corrected chi connectivity index (χ3v) is 3.53.